The Labute approximate surface area is 209 Å². The molecule has 0 saturated heterocycles. The number of aromatic amines is 1. The summed E-state index contributed by atoms with van der Waals surface area (Å²) in [7, 11) is 1.67. The van der Waals surface area contributed by atoms with Crippen LogP contribution in [0.3, 0.4) is 0 Å². The first-order valence-electron chi connectivity index (χ1n) is 11.5. The van der Waals surface area contributed by atoms with Gasteiger partial charge in [0.25, 0.3) is 5.91 Å². The zero-order valence-electron chi connectivity index (χ0n) is 19.5. The lowest BCUT2D eigenvalue weighted by atomic mass is 10.1. The summed E-state index contributed by atoms with van der Waals surface area (Å²) >= 11 is 5.93. The van der Waals surface area contributed by atoms with Crippen LogP contribution in [0, 0.1) is 0 Å². The second-order valence-electron chi connectivity index (χ2n) is 8.59. The molecule has 3 aromatic carbocycles. The molecule has 6 nitrogen and oxygen atoms in total. The van der Waals surface area contributed by atoms with E-state index in [1.54, 1.807) is 19.2 Å². The molecule has 0 spiro atoms. The number of aliphatic hydroxyl groups excluding tert-OH is 1. The number of aromatic nitrogens is 1. The Morgan fingerprint density at radius 2 is 1.77 bits per heavy atom. The number of halogens is 1. The number of benzene rings is 3. The standard InChI is InChI=1S/C28H28ClN3O3/c1-32(18-19-7-10-22(29)11-8-19)28(35)24-17-31-25-12-9-20(15-23(25)27(24)34)16-30-14-13-26(33)21-5-3-2-4-6-21/h2-12,15,17,26,30,33H,13-14,16,18H2,1H3,(H,31,34). The minimum Gasteiger partial charge on any atom is -0.388 e. The Hall–Kier alpha value is -3.45. The summed E-state index contributed by atoms with van der Waals surface area (Å²) in [6, 6.07) is 22.4. The predicted molar refractivity (Wildman–Crippen MR) is 140 cm³/mol. The molecule has 35 heavy (non-hydrogen) atoms. The summed E-state index contributed by atoms with van der Waals surface area (Å²) in [6.07, 6.45) is 1.53. The van der Waals surface area contributed by atoms with Crippen molar-refractivity contribution >= 4 is 28.4 Å². The molecule has 0 aliphatic rings. The van der Waals surface area contributed by atoms with Crippen LogP contribution in [0.15, 0.2) is 83.8 Å². The smallest absolute Gasteiger partial charge is 0.259 e. The maximum atomic E-state index is 13.2. The topological polar surface area (TPSA) is 85.4 Å². The van der Waals surface area contributed by atoms with Gasteiger partial charge < -0.3 is 20.3 Å². The average molecular weight is 490 g/mol. The van der Waals surface area contributed by atoms with Crippen molar-refractivity contribution in [1.82, 2.24) is 15.2 Å². The largest absolute Gasteiger partial charge is 0.388 e. The van der Waals surface area contributed by atoms with E-state index >= 15 is 0 Å². The number of aliphatic hydroxyl groups is 1. The van der Waals surface area contributed by atoms with Crippen LogP contribution in [0.2, 0.25) is 5.02 Å². The van der Waals surface area contributed by atoms with Crippen LogP contribution in [0.4, 0.5) is 0 Å². The molecule has 4 aromatic rings. The van der Waals surface area contributed by atoms with Crippen LogP contribution >= 0.6 is 11.6 Å². The second-order valence-corrected chi connectivity index (χ2v) is 9.03. The van der Waals surface area contributed by atoms with Gasteiger partial charge in [0, 0.05) is 42.3 Å². The normalized spacial score (nSPS) is 12.0. The van der Waals surface area contributed by atoms with Gasteiger partial charge in [-0.25, -0.2) is 0 Å². The number of rotatable bonds is 9. The maximum Gasteiger partial charge on any atom is 0.259 e. The van der Waals surface area contributed by atoms with Crippen LogP contribution in [-0.4, -0.2) is 34.5 Å². The summed E-state index contributed by atoms with van der Waals surface area (Å²) < 4.78 is 0. The molecule has 0 aliphatic carbocycles. The molecule has 7 heteroatoms. The molecule has 4 rings (SSSR count). The lowest BCUT2D eigenvalue weighted by Gasteiger charge is -2.17. The fourth-order valence-corrected chi connectivity index (χ4v) is 4.11. The number of carbonyl (C=O) groups excluding carboxylic acids is 1. The first-order valence-corrected chi connectivity index (χ1v) is 11.9. The van der Waals surface area contributed by atoms with Crippen molar-refractivity contribution in [2.24, 2.45) is 0 Å². The van der Waals surface area contributed by atoms with Gasteiger partial charge in [0.15, 0.2) is 0 Å². The first kappa shape index (κ1) is 24.7. The zero-order chi connectivity index (χ0) is 24.8. The van der Waals surface area contributed by atoms with E-state index in [0.29, 0.717) is 42.0 Å². The van der Waals surface area contributed by atoms with Gasteiger partial charge >= 0.3 is 0 Å². The highest BCUT2D eigenvalue weighted by atomic mass is 35.5. The van der Waals surface area contributed by atoms with E-state index in [4.69, 9.17) is 11.6 Å². The SMILES string of the molecule is CN(Cc1ccc(Cl)cc1)C(=O)c1c[nH]c2ccc(CNCCC(O)c3ccccc3)cc2c1=O. The van der Waals surface area contributed by atoms with Gasteiger partial charge in [0.1, 0.15) is 5.56 Å². The van der Waals surface area contributed by atoms with E-state index in [0.717, 1.165) is 16.7 Å². The lowest BCUT2D eigenvalue weighted by molar-refractivity contribution is 0.0783. The number of H-pyrrole nitrogens is 1. The molecule has 0 bridgehead atoms. The molecular formula is C28H28ClN3O3. The molecular weight excluding hydrogens is 462 g/mol. The number of pyridine rings is 1. The highest BCUT2D eigenvalue weighted by Gasteiger charge is 2.17. The fraction of sp³-hybridized carbons (Fsp3) is 0.214. The molecule has 1 aromatic heterocycles. The van der Waals surface area contributed by atoms with Crippen molar-refractivity contribution in [2.75, 3.05) is 13.6 Å². The number of carbonyl (C=O) groups is 1. The molecule has 0 radical (unpaired) electrons. The van der Waals surface area contributed by atoms with Gasteiger partial charge in [-0.2, -0.15) is 0 Å². The van der Waals surface area contributed by atoms with Crippen LogP contribution in [0.5, 0.6) is 0 Å². The molecule has 0 aliphatic heterocycles. The fourth-order valence-electron chi connectivity index (χ4n) is 3.99. The summed E-state index contributed by atoms with van der Waals surface area (Å²) in [4.78, 5) is 30.8. The molecule has 1 atom stereocenters. The number of fused-ring (bicyclic) bond motifs is 1. The summed E-state index contributed by atoms with van der Waals surface area (Å²) in [5.41, 5.74) is 3.22. The van der Waals surface area contributed by atoms with E-state index < -0.39 is 6.10 Å². The van der Waals surface area contributed by atoms with Crippen LogP contribution in [0.25, 0.3) is 10.9 Å². The van der Waals surface area contributed by atoms with Gasteiger partial charge in [0.2, 0.25) is 5.43 Å². The van der Waals surface area contributed by atoms with Crippen LogP contribution in [0.1, 0.15) is 39.6 Å². The van der Waals surface area contributed by atoms with E-state index in [-0.39, 0.29) is 16.9 Å². The van der Waals surface area contributed by atoms with Gasteiger partial charge in [0.05, 0.1) is 6.10 Å². The highest BCUT2D eigenvalue weighted by Crippen LogP contribution is 2.16. The van der Waals surface area contributed by atoms with Crippen molar-refractivity contribution in [2.45, 2.75) is 25.6 Å². The quantitative estimate of drug-likeness (QED) is 0.298. The third-order valence-corrected chi connectivity index (χ3v) is 6.22. The molecule has 1 amide bonds. The predicted octanol–water partition coefficient (Wildman–Crippen LogP) is 4.67. The van der Waals surface area contributed by atoms with E-state index in [2.05, 4.69) is 10.3 Å². The third-order valence-electron chi connectivity index (χ3n) is 5.96. The molecule has 1 unspecified atom stereocenters. The van der Waals surface area contributed by atoms with Gasteiger partial charge in [-0.3, -0.25) is 9.59 Å². The van der Waals surface area contributed by atoms with Crippen molar-refractivity contribution in [3.8, 4) is 0 Å². The summed E-state index contributed by atoms with van der Waals surface area (Å²) in [5.74, 6) is -0.346. The number of nitrogens with zero attached hydrogens (tertiary/aromatic N) is 1. The number of nitrogens with one attached hydrogen (secondary N) is 2. The molecule has 0 saturated carbocycles. The molecule has 1 heterocycles. The van der Waals surface area contributed by atoms with Gasteiger partial charge in [-0.15, -0.1) is 0 Å². The minimum atomic E-state index is -0.526. The monoisotopic (exact) mass is 489 g/mol. The average Bonchev–Trinajstić information content (AvgIpc) is 2.88. The third kappa shape index (κ3) is 6.17. The summed E-state index contributed by atoms with van der Waals surface area (Å²) in [6.45, 7) is 1.54. The van der Waals surface area contributed by atoms with E-state index in [9.17, 15) is 14.7 Å². The molecule has 3 N–H and O–H groups in total. The van der Waals surface area contributed by atoms with Crippen molar-refractivity contribution < 1.29 is 9.90 Å². The number of amides is 1. The van der Waals surface area contributed by atoms with Crippen LogP contribution in [-0.2, 0) is 13.1 Å². The Morgan fingerprint density at radius 3 is 2.51 bits per heavy atom. The van der Waals surface area contributed by atoms with Gasteiger partial charge in [-0.05, 0) is 53.9 Å². The highest BCUT2D eigenvalue weighted by molar-refractivity contribution is 6.30. The first-order chi connectivity index (χ1) is 16.9. The van der Waals surface area contributed by atoms with E-state index in [1.165, 1.54) is 11.1 Å². The lowest BCUT2D eigenvalue weighted by Crippen LogP contribution is -2.30. The van der Waals surface area contributed by atoms with Crippen molar-refractivity contribution in [3.05, 3.63) is 116 Å². The van der Waals surface area contributed by atoms with Crippen molar-refractivity contribution in [3.63, 3.8) is 0 Å². The number of hydrogen-bond donors (Lipinski definition) is 3. The Balaban J connectivity index is 1.41. The Bertz CT molecular complexity index is 1350. The molecule has 0 fully saturated rings. The minimum absolute atomic E-state index is 0.102. The second kappa shape index (κ2) is 11.3. The van der Waals surface area contributed by atoms with Gasteiger partial charge in [-0.1, -0.05) is 60.1 Å². The zero-order valence-corrected chi connectivity index (χ0v) is 20.3. The Kier molecular flexibility index (Phi) is 7.98. The number of hydrogen-bond acceptors (Lipinski definition) is 4. The summed E-state index contributed by atoms with van der Waals surface area (Å²) in [5, 5.41) is 14.7. The molecule has 180 valence electrons. The maximum absolute atomic E-state index is 13.2. The Morgan fingerprint density at radius 1 is 1.06 bits per heavy atom. The van der Waals surface area contributed by atoms with Crippen molar-refractivity contribution in [1.29, 1.82) is 0 Å². The van der Waals surface area contributed by atoms with Crippen LogP contribution < -0.4 is 10.7 Å². The van der Waals surface area contributed by atoms with E-state index in [1.807, 2.05) is 60.7 Å².